The Bertz CT molecular complexity index is 506. The maximum Gasteiger partial charge on any atom is 0.307 e. The lowest BCUT2D eigenvalue weighted by molar-refractivity contribution is -0.141. The van der Waals surface area contributed by atoms with Gasteiger partial charge in [0.25, 0.3) is 0 Å². The fraction of sp³-hybridized carbons (Fsp3) is 0.500. The minimum atomic E-state index is -0.780. The molecule has 20 heavy (non-hydrogen) atoms. The summed E-state index contributed by atoms with van der Waals surface area (Å²) in [7, 11) is 1.91. The van der Waals surface area contributed by atoms with Crippen LogP contribution >= 0.6 is 15.9 Å². The summed E-state index contributed by atoms with van der Waals surface area (Å²) in [6, 6.07) is 3.85. The summed E-state index contributed by atoms with van der Waals surface area (Å²) < 4.78 is 12.0. The minimum absolute atomic E-state index is 0.393. The van der Waals surface area contributed by atoms with E-state index < -0.39 is 11.9 Å². The van der Waals surface area contributed by atoms with Crippen molar-refractivity contribution in [1.29, 1.82) is 0 Å². The van der Waals surface area contributed by atoms with Crippen molar-refractivity contribution in [3.8, 4) is 11.5 Å². The Morgan fingerprint density at radius 2 is 2.00 bits per heavy atom. The Balaban J connectivity index is 2.07. The molecule has 5 nitrogen and oxygen atoms in total. The van der Waals surface area contributed by atoms with E-state index >= 15 is 0 Å². The molecule has 0 saturated heterocycles. The van der Waals surface area contributed by atoms with Crippen molar-refractivity contribution >= 4 is 21.9 Å². The monoisotopic (exact) mass is 343 g/mol. The quantitative estimate of drug-likeness (QED) is 0.889. The Morgan fingerprint density at radius 1 is 1.40 bits per heavy atom. The van der Waals surface area contributed by atoms with Gasteiger partial charge in [0.05, 0.1) is 5.92 Å². The molecule has 1 heterocycles. The number of benzene rings is 1. The summed E-state index contributed by atoms with van der Waals surface area (Å²) >= 11 is 3.52. The summed E-state index contributed by atoms with van der Waals surface area (Å²) in [6.07, 6.45) is 0. The number of nitrogens with zero attached hydrogens (tertiary/aromatic N) is 1. The van der Waals surface area contributed by atoms with Gasteiger partial charge in [-0.25, -0.2) is 0 Å². The average Bonchev–Trinajstić information content (AvgIpc) is 2.39. The molecule has 0 aliphatic carbocycles. The van der Waals surface area contributed by atoms with Crippen molar-refractivity contribution in [3.63, 3.8) is 0 Å². The van der Waals surface area contributed by atoms with Crippen molar-refractivity contribution in [3.05, 3.63) is 22.2 Å². The number of carbonyl (C=O) groups is 1. The second kappa shape index (κ2) is 6.45. The van der Waals surface area contributed by atoms with Crippen LogP contribution in [0.3, 0.4) is 0 Å². The van der Waals surface area contributed by atoms with E-state index in [1.807, 2.05) is 24.1 Å². The van der Waals surface area contributed by atoms with Gasteiger partial charge in [-0.3, -0.25) is 4.79 Å². The van der Waals surface area contributed by atoms with Crippen LogP contribution < -0.4 is 9.47 Å². The van der Waals surface area contributed by atoms with E-state index in [1.54, 1.807) is 6.92 Å². The third-order valence-corrected chi connectivity index (χ3v) is 3.90. The molecule has 110 valence electrons. The SMILES string of the molecule is CC(CN(C)Cc1cc2c(cc1Br)OCCO2)C(=O)O. The third-order valence-electron chi connectivity index (χ3n) is 3.16. The Hall–Kier alpha value is -1.27. The number of ether oxygens (including phenoxy) is 2. The minimum Gasteiger partial charge on any atom is -0.486 e. The molecule has 1 N–H and O–H groups in total. The topological polar surface area (TPSA) is 59.0 Å². The van der Waals surface area contributed by atoms with Crippen molar-refractivity contribution < 1.29 is 19.4 Å². The van der Waals surface area contributed by atoms with E-state index in [9.17, 15) is 4.79 Å². The molecule has 1 aromatic carbocycles. The third kappa shape index (κ3) is 3.64. The first kappa shape index (κ1) is 15.1. The van der Waals surface area contributed by atoms with Crippen molar-refractivity contribution in [1.82, 2.24) is 4.90 Å². The largest absolute Gasteiger partial charge is 0.486 e. The van der Waals surface area contributed by atoms with Gasteiger partial charge in [0.15, 0.2) is 11.5 Å². The fourth-order valence-electron chi connectivity index (χ4n) is 2.13. The summed E-state index contributed by atoms with van der Waals surface area (Å²) in [5.74, 6) is 0.316. The van der Waals surface area contributed by atoms with Crippen LogP contribution in [-0.2, 0) is 11.3 Å². The van der Waals surface area contributed by atoms with Gasteiger partial charge in [-0.05, 0) is 24.7 Å². The van der Waals surface area contributed by atoms with E-state index in [2.05, 4.69) is 15.9 Å². The Labute approximate surface area is 126 Å². The van der Waals surface area contributed by atoms with Crippen LogP contribution in [0, 0.1) is 5.92 Å². The number of hydrogen-bond donors (Lipinski definition) is 1. The van der Waals surface area contributed by atoms with Crippen LogP contribution in [0.4, 0.5) is 0 Å². The highest BCUT2D eigenvalue weighted by Gasteiger charge is 2.18. The van der Waals surface area contributed by atoms with Crippen molar-refractivity contribution in [2.45, 2.75) is 13.5 Å². The predicted molar refractivity (Wildman–Crippen MR) is 78.3 cm³/mol. The maximum absolute atomic E-state index is 10.9. The van der Waals surface area contributed by atoms with Gasteiger partial charge < -0.3 is 19.5 Å². The zero-order valence-electron chi connectivity index (χ0n) is 11.6. The van der Waals surface area contributed by atoms with Gasteiger partial charge in [0.1, 0.15) is 13.2 Å². The van der Waals surface area contributed by atoms with Gasteiger partial charge in [-0.1, -0.05) is 22.9 Å². The van der Waals surface area contributed by atoms with Crippen LogP contribution in [0.1, 0.15) is 12.5 Å². The highest BCUT2D eigenvalue weighted by molar-refractivity contribution is 9.10. The summed E-state index contributed by atoms with van der Waals surface area (Å²) in [4.78, 5) is 12.9. The molecule has 0 fully saturated rings. The second-order valence-electron chi connectivity index (χ2n) is 5.02. The molecular weight excluding hydrogens is 326 g/mol. The smallest absolute Gasteiger partial charge is 0.307 e. The molecule has 0 radical (unpaired) electrons. The van der Waals surface area contributed by atoms with Crippen LogP contribution in [0.5, 0.6) is 11.5 Å². The molecule has 2 rings (SSSR count). The van der Waals surface area contributed by atoms with Gasteiger partial charge in [0, 0.05) is 17.6 Å². The lowest BCUT2D eigenvalue weighted by Crippen LogP contribution is -2.28. The molecule has 0 saturated carbocycles. The summed E-state index contributed by atoms with van der Waals surface area (Å²) in [5, 5.41) is 8.94. The van der Waals surface area contributed by atoms with E-state index in [-0.39, 0.29) is 0 Å². The van der Waals surface area contributed by atoms with Crippen LogP contribution in [0.15, 0.2) is 16.6 Å². The summed E-state index contributed by atoms with van der Waals surface area (Å²) in [5.41, 5.74) is 1.05. The second-order valence-corrected chi connectivity index (χ2v) is 5.88. The molecule has 0 amide bonds. The average molecular weight is 344 g/mol. The molecule has 1 aliphatic rings. The number of hydrogen-bond acceptors (Lipinski definition) is 4. The van der Waals surface area contributed by atoms with Crippen molar-refractivity contribution in [2.24, 2.45) is 5.92 Å². The standard InChI is InChI=1S/C14H18BrNO4/c1-9(14(17)18)7-16(2)8-10-5-12-13(6-11(10)15)20-4-3-19-12/h5-6,9H,3-4,7-8H2,1-2H3,(H,17,18). The molecule has 1 atom stereocenters. The number of aliphatic carboxylic acids is 1. The molecule has 1 unspecified atom stereocenters. The van der Waals surface area contributed by atoms with Crippen molar-refractivity contribution in [2.75, 3.05) is 26.8 Å². The van der Waals surface area contributed by atoms with E-state index in [0.29, 0.717) is 26.3 Å². The molecule has 0 aromatic heterocycles. The first-order valence-corrected chi connectivity index (χ1v) is 7.26. The highest BCUT2D eigenvalue weighted by Crippen LogP contribution is 2.35. The van der Waals surface area contributed by atoms with Gasteiger partial charge in [0.2, 0.25) is 0 Å². The molecule has 0 spiro atoms. The first-order valence-electron chi connectivity index (χ1n) is 6.46. The normalized spacial score (nSPS) is 15.2. The van der Waals surface area contributed by atoms with Gasteiger partial charge >= 0.3 is 5.97 Å². The molecule has 1 aromatic rings. The fourth-order valence-corrected chi connectivity index (χ4v) is 2.58. The number of carboxylic acid groups (broad SMARTS) is 1. The number of rotatable bonds is 5. The Kier molecular flexibility index (Phi) is 4.88. The maximum atomic E-state index is 10.9. The summed E-state index contributed by atoms with van der Waals surface area (Å²) in [6.45, 7) is 3.97. The predicted octanol–water partition coefficient (Wildman–Crippen LogP) is 2.37. The number of fused-ring (bicyclic) bond motifs is 1. The van der Waals surface area contributed by atoms with E-state index in [1.165, 1.54) is 0 Å². The highest BCUT2D eigenvalue weighted by atomic mass is 79.9. The molecule has 6 heteroatoms. The lowest BCUT2D eigenvalue weighted by Gasteiger charge is -2.23. The van der Waals surface area contributed by atoms with Gasteiger partial charge in [-0.15, -0.1) is 0 Å². The van der Waals surface area contributed by atoms with Gasteiger partial charge in [-0.2, -0.15) is 0 Å². The lowest BCUT2D eigenvalue weighted by atomic mass is 10.1. The zero-order chi connectivity index (χ0) is 14.7. The van der Waals surface area contributed by atoms with Crippen LogP contribution in [0.2, 0.25) is 0 Å². The number of carboxylic acids is 1. The van der Waals surface area contributed by atoms with Crippen LogP contribution in [-0.4, -0.2) is 42.8 Å². The van der Waals surface area contributed by atoms with E-state index in [0.717, 1.165) is 21.5 Å². The molecular formula is C14H18BrNO4. The number of halogens is 1. The molecule has 0 bridgehead atoms. The Morgan fingerprint density at radius 3 is 2.60 bits per heavy atom. The first-order chi connectivity index (χ1) is 9.47. The zero-order valence-corrected chi connectivity index (χ0v) is 13.1. The van der Waals surface area contributed by atoms with Crippen LogP contribution in [0.25, 0.3) is 0 Å². The van der Waals surface area contributed by atoms with E-state index in [4.69, 9.17) is 14.6 Å². The molecule has 1 aliphatic heterocycles.